The molecule has 3 aromatic rings. The summed E-state index contributed by atoms with van der Waals surface area (Å²) < 4.78 is 10.8. The highest BCUT2D eigenvalue weighted by Gasteiger charge is 2.26. The molecule has 0 bridgehead atoms. The lowest BCUT2D eigenvalue weighted by molar-refractivity contribution is -0.115. The number of aromatic nitrogens is 1. The van der Waals surface area contributed by atoms with Crippen molar-refractivity contribution in [1.82, 2.24) is 9.88 Å². The van der Waals surface area contributed by atoms with Crippen LogP contribution in [-0.2, 0) is 22.6 Å². The molecule has 37 heavy (non-hydrogen) atoms. The lowest BCUT2D eigenvalue weighted by atomic mass is 10.00. The molecule has 0 atom stereocenters. The number of methoxy groups -OCH3 is 1. The molecule has 0 unspecified atom stereocenters. The number of nitrogen functional groups attached to an aromatic ring is 1. The Kier molecular flexibility index (Phi) is 7.87. The molecule has 1 fully saturated rings. The van der Waals surface area contributed by atoms with Crippen molar-refractivity contribution in [2.75, 3.05) is 55.9 Å². The van der Waals surface area contributed by atoms with E-state index in [1.54, 1.807) is 7.11 Å². The van der Waals surface area contributed by atoms with Crippen molar-refractivity contribution in [2.24, 2.45) is 0 Å². The first-order valence-corrected chi connectivity index (χ1v) is 13.0. The van der Waals surface area contributed by atoms with E-state index in [1.807, 2.05) is 11.0 Å². The molecule has 194 valence electrons. The third kappa shape index (κ3) is 6.21. The Labute approximate surface area is 218 Å². The Hall–Kier alpha value is -3.62. The standard InChI is InChI=1S/C29H35N5O3/c1-36-13-14-37-27-17-25-28(29(30)32-27)31-26(35)20-34(25)19-22-8-6-10-24(16-22)23-9-5-7-21(15-23)18-33-11-3-2-4-12-33/h5-10,15-17H,2-4,11-14,18-20H2,1H3,(H2,30,32)(H,31,35). The molecule has 5 rings (SSSR count). The molecule has 0 spiro atoms. The molecule has 1 saturated heterocycles. The van der Waals surface area contributed by atoms with E-state index in [1.165, 1.54) is 43.5 Å². The second-order valence-electron chi connectivity index (χ2n) is 9.72. The van der Waals surface area contributed by atoms with Crippen LogP contribution in [0.25, 0.3) is 11.1 Å². The minimum absolute atomic E-state index is 0.115. The third-order valence-corrected chi connectivity index (χ3v) is 6.90. The molecule has 2 aliphatic rings. The van der Waals surface area contributed by atoms with E-state index < -0.39 is 0 Å². The number of nitrogens with two attached hydrogens (primary N) is 1. The van der Waals surface area contributed by atoms with E-state index in [9.17, 15) is 4.79 Å². The molecule has 2 aliphatic heterocycles. The van der Waals surface area contributed by atoms with Gasteiger partial charge >= 0.3 is 0 Å². The number of amides is 1. The number of piperidine rings is 1. The summed E-state index contributed by atoms with van der Waals surface area (Å²) >= 11 is 0. The largest absolute Gasteiger partial charge is 0.475 e. The van der Waals surface area contributed by atoms with E-state index in [0.717, 1.165) is 23.4 Å². The lowest BCUT2D eigenvalue weighted by Gasteiger charge is -2.31. The maximum Gasteiger partial charge on any atom is 0.244 e. The van der Waals surface area contributed by atoms with Gasteiger partial charge in [0.05, 0.1) is 18.8 Å². The van der Waals surface area contributed by atoms with Crippen molar-refractivity contribution in [3.8, 4) is 17.0 Å². The first-order valence-electron chi connectivity index (χ1n) is 13.0. The monoisotopic (exact) mass is 501 g/mol. The highest BCUT2D eigenvalue weighted by Crippen LogP contribution is 2.37. The average molecular weight is 502 g/mol. The number of rotatable bonds is 9. The van der Waals surface area contributed by atoms with Gasteiger partial charge in [-0.15, -0.1) is 0 Å². The number of pyridine rings is 1. The van der Waals surface area contributed by atoms with Crippen molar-refractivity contribution >= 4 is 23.1 Å². The van der Waals surface area contributed by atoms with Crippen LogP contribution in [0.5, 0.6) is 5.88 Å². The summed E-state index contributed by atoms with van der Waals surface area (Å²) in [7, 11) is 1.62. The average Bonchev–Trinajstić information content (AvgIpc) is 2.90. The Morgan fingerprint density at radius 3 is 2.35 bits per heavy atom. The van der Waals surface area contributed by atoms with E-state index in [-0.39, 0.29) is 18.3 Å². The summed E-state index contributed by atoms with van der Waals surface area (Å²) in [6.07, 6.45) is 3.93. The van der Waals surface area contributed by atoms with Crippen LogP contribution < -0.4 is 20.7 Å². The van der Waals surface area contributed by atoms with Gasteiger partial charge in [0.2, 0.25) is 11.8 Å². The summed E-state index contributed by atoms with van der Waals surface area (Å²) in [4.78, 5) is 21.3. The summed E-state index contributed by atoms with van der Waals surface area (Å²) in [5.41, 5.74) is 12.3. The number of hydrogen-bond donors (Lipinski definition) is 2. The number of carbonyl (C=O) groups excluding carboxylic acids is 1. The van der Waals surface area contributed by atoms with E-state index in [2.05, 4.69) is 63.7 Å². The topological polar surface area (TPSA) is 92.9 Å². The van der Waals surface area contributed by atoms with Gasteiger partial charge in [-0.25, -0.2) is 0 Å². The van der Waals surface area contributed by atoms with Crippen molar-refractivity contribution in [3.05, 3.63) is 65.7 Å². The Morgan fingerprint density at radius 2 is 1.65 bits per heavy atom. The van der Waals surface area contributed by atoms with Crippen LogP contribution in [0.4, 0.5) is 17.2 Å². The van der Waals surface area contributed by atoms with Crippen LogP contribution in [0.15, 0.2) is 54.6 Å². The van der Waals surface area contributed by atoms with Gasteiger partial charge in [-0.3, -0.25) is 9.69 Å². The third-order valence-electron chi connectivity index (χ3n) is 6.90. The number of carbonyl (C=O) groups is 1. The number of anilines is 3. The molecule has 8 nitrogen and oxygen atoms in total. The zero-order valence-electron chi connectivity index (χ0n) is 21.4. The maximum absolute atomic E-state index is 12.5. The second kappa shape index (κ2) is 11.6. The van der Waals surface area contributed by atoms with E-state index >= 15 is 0 Å². The van der Waals surface area contributed by atoms with Crippen molar-refractivity contribution in [1.29, 1.82) is 0 Å². The number of nitrogens with one attached hydrogen (secondary N) is 1. The first-order chi connectivity index (χ1) is 18.1. The SMILES string of the molecule is COCCOc1cc2c(c(N)n1)NC(=O)CN2Cc1cccc(-c2cccc(CN3CCCCC3)c2)c1. The molecule has 0 saturated carbocycles. The Bertz CT molecular complexity index is 1240. The van der Waals surface area contributed by atoms with Gasteiger partial charge in [0.15, 0.2) is 5.82 Å². The van der Waals surface area contributed by atoms with Gasteiger partial charge in [0.1, 0.15) is 12.3 Å². The van der Waals surface area contributed by atoms with Crippen LogP contribution in [0.3, 0.4) is 0 Å². The molecule has 8 heteroatoms. The summed E-state index contributed by atoms with van der Waals surface area (Å²) in [6, 6.07) is 19.2. The molecule has 0 aliphatic carbocycles. The van der Waals surface area contributed by atoms with Crippen molar-refractivity contribution in [3.63, 3.8) is 0 Å². The van der Waals surface area contributed by atoms with Crippen LogP contribution >= 0.6 is 0 Å². The molecule has 1 amide bonds. The van der Waals surface area contributed by atoms with Gasteiger partial charge in [0.25, 0.3) is 0 Å². The normalized spacial score (nSPS) is 15.8. The van der Waals surface area contributed by atoms with E-state index in [0.29, 0.717) is 31.3 Å². The number of likely N-dealkylation sites (tertiary alicyclic amines) is 1. The molecule has 0 radical (unpaired) electrons. The fourth-order valence-electron chi connectivity index (χ4n) is 5.08. The predicted molar refractivity (Wildman–Crippen MR) is 147 cm³/mol. The molecule has 3 N–H and O–H groups in total. The Balaban J connectivity index is 1.35. The quantitative estimate of drug-likeness (QED) is 0.422. The van der Waals surface area contributed by atoms with Gasteiger partial charge in [-0.05, 0) is 60.3 Å². The number of hydrogen-bond acceptors (Lipinski definition) is 7. The fraction of sp³-hybridized carbons (Fsp3) is 0.379. The van der Waals surface area contributed by atoms with Gasteiger partial charge in [-0.1, -0.05) is 42.8 Å². The summed E-state index contributed by atoms with van der Waals surface area (Å²) in [6.45, 7) is 4.97. The fourth-order valence-corrected chi connectivity index (χ4v) is 5.08. The molecular weight excluding hydrogens is 466 g/mol. The summed E-state index contributed by atoms with van der Waals surface area (Å²) in [5, 5.41) is 2.86. The highest BCUT2D eigenvalue weighted by molar-refractivity contribution is 6.04. The molecule has 3 heterocycles. The number of benzene rings is 2. The smallest absolute Gasteiger partial charge is 0.244 e. The van der Waals surface area contributed by atoms with Crippen molar-refractivity contribution in [2.45, 2.75) is 32.4 Å². The molecule has 2 aromatic carbocycles. The molecular formula is C29H35N5O3. The predicted octanol–water partition coefficient (Wildman–Crippen LogP) is 4.30. The minimum atomic E-state index is -0.115. The van der Waals surface area contributed by atoms with Gasteiger partial charge in [-0.2, -0.15) is 4.98 Å². The van der Waals surface area contributed by atoms with Crippen molar-refractivity contribution < 1.29 is 14.3 Å². The minimum Gasteiger partial charge on any atom is -0.475 e. The maximum atomic E-state index is 12.5. The zero-order chi connectivity index (χ0) is 25.6. The first kappa shape index (κ1) is 25.0. The van der Waals surface area contributed by atoms with Crippen LogP contribution in [0.2, 0.25) is 0 Å². The van der Waals surface area contributed by atoms with E-state index in [4.69, 9.17) is 15.2 Å². The summed E-state index contributed by atoms with van der Waals surface area (Å²) in [5.74, 6) is 0.534. The van der Waals surface area contributed by atoms with Gasteiger partial charge < -0.3 is 25.4 Å². The van der Waals surface area contributed by atoms with Gasteiger partial charge in [0, 0.05) is 26.3 Å². The lowest BCUT2D eigenvalue weighted by Crippen LogP contribution is -2.38. The second-order valence-corrected chi connectivity index (χ2v) is 9.72. The number of ether oxygens (including phenoxy) is 2. The van der Waals surface area contributed by atoms with Crippen LogP contribution in [0.1, 0.15) is 30.4 Å². The molecule has 1 aromatic heterocycles. The zero-order valence-corrected chi connectivity index (χ0v) is 21.4. The van der Waals surface area contributed by atoms with Crippen LogP contribution in [-0.4, -0.2) is 55.7 Å². The highest BCUT2D eigenvalue weighted by atomic mass is 16.5. The number of fused-ring (bicyclic) bond motifs is 1. The Morgan fingerprint density at radius 1 is 0.946 bits per heavy atom. The van der Waals surface area contributed by atoms with Crippen LogP contribution in [0, 0.1) is 0 Å². The number of nitrogens with zero attached hydrogens (tertiary/aromatic N) is 3.